The first-order chi connectivity index (χ1) is 13.2. The van der Waals surface area contributed by atoms with Crippen LogP contribution in [0.3, 0.4) is 0 Å². The van der Waals surface area contributed by atoms with Crippen molar-refractivity contribution >= 4 is 23.2 Å². The van der Waals surface area contributed by atoms with Crippen LogP contribution in [0.4, 0.5) is 5.69 Å². The van der Waals surface area contributed by atoms with Crippen LogP contribution in [0, 0.1) is 0 Å². The first-order valence-electron chi connectivity index (χ1n) is 9.67. The molecule has 0 unspecified atom stereocenters. The van der Waals surface area contributed by atoms with Crippen LogP contribution < -0.4 is 10.6 Å². The van der Waals surface area contributed by atoms with Crippen molar-refractivity contribution in [3.63, 3.8) is 0 Å². The molecule has 1 saturated heterocycles. The third kappa shape index (κ3) is 4.18. The van der Waals surface area contributed by atoms with E-state index in [1.54, 1.807) is 0 Å². The normalized spacial score (nSPS) is 18.3. The molecule has 3 heterocycles. The van der Waals surface area contributed by atoms with Gasteiger partial charge in [0.2, 0.25) is 0 Å². The molecule has 2 aliphatic rings. The van der Waals surface area contributed by atoms with E-state index in [0.717, 1.165) is 55.8 Å². The number of anilines is 1. The fourth-order valence-electron chi connectivity index (χ4n) is 3.76. The van der Waals surface area contributed by atoms with Crippen LogP contribution in [0.15, 0.2) is 29.3 Å². The number of nitrogens with zero attached hydrogens (tertiary/aromatic N) is 6. The second-order valence-electron chi connectivity index (χ2n) is 7.12. The van der Waals surface area contributed by atoms with Gasteiger partial charge in [-0.25, -0.2) is 4.99 Å². The monoisotopic (exact) mass is 387 g/mol. The van der Waals surface area contributed by atoms with Crippen LogP contribution in [-0.4, -0.2) is 51.8 Å². The van der Waals surface area contributed by atoms with Gasteiger partial charge in [0.15, 0.2) is 11.8 Å². The molecule has 0 radical (unpaired) electrons. The van der Waals surface area contributed by atoms with Crippen molar-refractivity contribution < 1.29 is 0 Å². The Morgan fingerprint density at radius 2 is 1.78 bits per heavy atom. The van der Waals surface area contributed by atoms with Gasteiger partial charge < -0.3 is 20.1 Å². The minimum absolute atomic E-state index is 0.496. The molecule has 2 aliphatic heterocycles. The van der Waals surface area contributed by atoms with Crippen molar-refractivity contribution in [2.75, 3.05) is 31.1 Å². The molecule has 0 spiro atoms. The van der Waals surface area contributed by atoms with E-state index in [2.05, 4.69) is 41.7 Å². The zero-order chi connectivity index (χ0) is 18.6. The molecule has 2 N–H and O–H groups in total. The highest BCUT2D eigenvalue weighted by molar-refractivity contribution is 6.30. The summed E-state index contributed by atoms with van der Waals surface area (Å²) in [6.07, 6.45) is 4.65. The lowest BCUT2D eigenvalue weighted by molar-refractivity contribution is 0.380. The Labute approximate surface area is 164 Å². The first-order valence-corrected chi connectivity index (χ1v) is 10.0. The van der Waals surface area contributed by atoms with Crippen LogP contribution in [-0.2, 0) is 19.5 Å². The molecule has 4 rings (SSSR count). The number of aromatic nitrogens is 3. The van der Waals surface area contributed by atoms with E-state index in [-0.39, 0.29) is 0 Å². The Hall–Kier alpha value is -2.28. The van der Waals surface area contributed by atoms with Crippen molar-refractivity contribution in [3.8, 4) is 0 Å². The Kier molecular flexibility index (Phi) is 5.48. The number of benzene rings is 1. The molecule has 144 valence electrons. The topological polar surface area (TPSA) is 75.6 Å². The fraction of sp³-hybridized carbons (Fsp3) is 0.526. The third-order valence-electron chi connectivity index (χ3n) is 5.36. The van der Waals surface area contributed by atoms with Crippen molar-refractivity contribution in [2.24, 2.45) is 10.7 Å². The van der Waals surface area contributed by atoms with Gasteiger partial charge in [-0.15, -0.1) is 10.2 Å². The van der Waals surface area contributed by atoms with Crippen LogP contribution >= 0.6 is 11.6 Å². The number of aliphatic imine (C=N–C) groups is 1. The van der Waals surface area contributed by atoms with Gasteiger partial charge in [-0.2, -0.15) is 0 Å². The Morgan fingerprint density at radius 1 is 1.00 bits per heavy atom. The molecular formula is C19H26ClN7. The number of hydrogen-bond donors (Lipinski definition) is 1. The summed E-state index contributed by atoms with van der Waals surface area (Å²) in [5, 5.41) is 9.42. The average molecular weight is 388 g/mol. The van der Waals surface area contributed by atoms with Gasteiger partial charge in [-0.1, -0.05) is 18.0 Å². The second kappa shape index (κ2) is 8.17. The lowest BCUT2D eigenvalue weighted by Gasteiger charge is -2.36. The Balaban J connectivity index is 1.34. The smallest absolute Gasteiger partial charge is 0.191 e. The number of nitrogens with two attached hydrogens (primary N) is 1. The maximum atomic E-state index is 6.26. The number of piperazine rings is 1. The number of rotatable bonds is 3. The molecule has 0 atom stereocenters. The fourth-order valence-corrected chi connectivity index (χ4v) is 3.89. The molecule has 0 saturated carbocycles. The maximum Gasteiger partial charge on any atom is 0.191 e. The van der Waals surface area contributed by atoms with Gasteiger partial charge in [0.25, 0.3) is 0 Å². The number of aryl methyl sites for hydroxylation is 1. The number of guanidine groups is 1. The van der Waals surface area contributed by atoms with Gasteiger partial charge in [0, 0.05) is 49.9 Å². The highest BCUT2D eigenvalue weighted by Gasteiger charge is 2.19. The van der Waals surface area contributed by atoms with Crippen molar-refractivity contribution in [2.45, 2.75) is 38.8 Å². The van der Waals surface area contributed by atoms with Crippen molar-refractivity contribution in [1.82, 2.24) is 19.7 Å². The molecule has 1 aromatic carbocycles. The summed E-state index contributed by atoms with van der Waals surface area (Å²) in [5.74, 6) is 2.61. The standard InChI is InChI=1S/C19H26ClN7/c20-15-5-7-16(8-6-15)25-10-12-26(13-11-25)19(21)22-14-18-24-23-17-4-2-1-3-9-27(17)18/h5-8H,1-4,9-14H2,(H2,21,22). The SMILES string of the molecule is NC(=NCc1nnc2n1CCCCC2)N1CCN(c2ccc(Cl)cc2)CC1. The van der Waals surface area contributed by atoms with Crippen LogP contribution in [0.25, 0.3) is 0 Å². The predicted molar refractivity (Wildman–Crippen MR) is 108 cm³/mol. The van der Waals surface area contributed by atoms with Gasteiger partial charge in [0.05, 0.1) is 0 Å². The predicted octanol–water partition coefficient (Wildman–Crippen LogP) is 2.29. The molecule has 8 heteroatoms. The lowest BCUT2D eigenvalue weighted by Crippen LogP contribution is -2.51. The van der Waals surface area contributed by atoms with E-state index in [1.807, 2.05) is 12.1 Å². The highest BCUT2D eigenvalue weighted by Crippen LogP contribution is 2.19. The molecule has 2 aromatic rings. The summed E-state index contributed by atoms with van der Waals surface area (Å²) in [6.45, 7) is 5.03. The van der Waals surface area contributed by atoms with E-state index < -0.39 is 0 Å². The largest absolute Gasteiger partial charge is 0.370 e. The number of fused-ring (bicyclic) bond motifs is 1. The zero-order valence-corrected chi connectivity index (χ0v) is 16.3. The van der Waals surface area contributed by atoms with Crippen LogP contribution in [0.5, 0.6) is 0 Å². The molecule has 0 amide bonds. The van der Waals surface area contributed by atoms with Crippen molar-refractivity contribution in [3.05, 3.63) is 40.9 Å². The lowest BCUT2D eigenvalue weighted by atomic mass is 10.2. The third-order valence-corrected chi connectivity index (χ3v) is 5.62. The second-order valence-corrected chi connectivity index (χ2v) is 7.56. The average Bonchev–Trinajstić information content (AvgIpc) is 2.93. The molecule has 0 bridgehead atoms. The summed E-state index contributed by atoms with van der Waals surface area (Å²) in [6, 6.07) is 7.99. The summed E-state index contributed by atoms with van der Waals surface area (Å²) >= 11 is 5.98. The molecule has 27 heavy (non-hydrogen) atoms. The van der Waals surface area contributed by atoms with E-state index in [9.17, 15) is 0 Å². The van der Waals surface area contributed by atoms with Crippen molar-refractivity contribution in [1.29, 1.82) is 0 Å². The first kappa shape index (κ1) is 18.1. The quantitative estimate of drug-likeness (QED) is 0.646. The molecule has 0 aliphatic carbocycles. The molecular weight excluding hydrogens is 362 g/mol. The minimum Gasteiger partial charge on any atom is -0.370 e. The highest BCUT2D eigenvalue weighted by atomic mass is 35.5. The summed E-state index contributed by atoms with van der Waals surface area (Å²) in [4.78, 5) is 9.09. The van der Waals surface area contributed by atoms with Gasteiger partial charge >= 0.3 is 0 Å². The molecule has 1 aromatic heterocycles. The summed E-state index contributed by atoms with van der Waals surface area (Å²) < 4.78 is 2.22. The Morgan fingerprint density at radius 3 is 2.56 bits per heavy atom. The van der Waals surface area contributed by atoms with E-state index >= 15 is 0 Å². The van der Waals surface area contributed by atoms with E-state index in [4.69, 9.17) is 17.3 Å². The van der Waals surface area contributed by atoms with E-state index in [1.165, 1.54) is 24.9 Å². The van der Waals surface area contributed by atoms with E-state index in [0.29, 0.717) is 12.5 Å². The number of hydrogen-bond acceptors (Lipinski definition) is 4. The van der Waals surface area contributed by atoms with Gasteiger partial charge in [-0.3, -0.25) is 0 Å². The van der Waals surface area contributed by atoms with Crippen LogP contribution in [0.2, 0.25) is 5.02 Å². The summed E-state index contributed by atoms with van der Waals surface area (Å²) in [7, 11) is 0. The number of halogens is 1. The molecule has 1 fully saturated rings. The zero-order valence-electron chi connectivity index (χ0n) is 15.5. The summed E-state index contributed by atoms with van der Waals surface area (Å²) in [5.41, 5.74) is 7.45. The van der Waals surface area contributed by atoms with Crippen LogP contribution in [0.1, 0.15) is 30.9 Å². The van der Waals surface area contributed by atoms with Gasteiger partial charge in [-0.05, 0) is 37.1 Å². The molecule has 7 nitrogen and oxygen atoms in total. The van der Waals surface area contributed by atoms with Gasteiger partial charge in [0.1, 0.15) is 12.4 Å². The Bertz CT molecular complexity index is 791. The minimum atomic E-state index is 0.496. The maximum absolute atomic E-state index is 6.26.